The van der Waals surface area contributed by atoms with Crippen molar-refractivity contribution in [2.45, 2.75) is 64.8 Å². The quantitative estimate of drug-likeness (QED) is 0.490. The lowest BCUT2D eigenvalue weighted by atomic mass is 9.66. The molecular formula is C26H33NO7. The first-order valence-corrected chi connectivity index (χ1v) is 12.1. The highest BCUT2D eigenvalue weighted by molar-refractivity contribution is 5.93. The van der Waals surface area contributed by atoms with Crippen LogP contribution in [0.15, 0.2) is 30.3 Å². The van der Waals surface area contributed by atoms with Gasteiger partial charge in [0.1, 0.15) is 12.7 Å². The number of nitrogens with zero attached hydrogens (tertiary/aromatic N) is 1. The first kappa shape index (κ1) is 23.1. The van der Waals surface area contributed by atoms with Gasteiger partial charge in [0.05, 0.1) is 18.6 Å². The molecule has 3 saturated heterocycles. The minimum Gasteiger partial charge on any atom is -0.456 e. The zero-order chi connectivity index (χ0) is 24.2. The van der Waals surface area contributed by atoms with Crippen LogP contribution < -0.4 is 0 Å². The third-order valence-corrected chi connectivity index (χ3v) is 9.23. The predicted molar refractivity (Wildman–Crippen MR) is 121 cm³/mol. The second kappa shape index (κ2) is 7.97. The summed E-state index contributed by atoms with van der Waals surface area (Å²) in [6, 6.07) is 9.58. The largest absolute Gasteiger partial charge is 0.456 e. The van der Waals surface area contributed by atoms with Crippen LogP contribution >= 0.6 is 0 Å². The van der Waals surface area contributed by atoms with E-state index in [-0.39, 0.29) is 24.1 Å². The predicted octanol–water partition coefficient (Wildman–Crippen LogP) is 3.47. The molecule has 1 spiro atoms. The number of amides is 1. The summed E-state index contributed by atoms with van der Waals surface area (Å²) >= 11 is 0. The molecule has 0 aromatic heterocycles. The van der Waals surface area contributed by atoms with Gasteiger partial charge < -0.3 is 23.8 Å². The molecule has 1 saturated carbocycles. The highest BCUT2D eigenvalue weighted by Crippen LogP contribution is 2.66. The molecule has 1 aromatic carbocycles. The van der Waals surface area contributed by atoms with E-state index in [1.54, 1.807) is 4.90 Å². The topological polar surface area (TPSA) is 91.4 Å². The lowest BCUT2D eigenvalue weighted by Gasteiger charge is -2.42. The van der Waals surface area contributed by atoms with Crippen molar-refractivity contribution in [3.63, 3.8) is 0 Å². The van der Waals surface area contributed by atoms with E-state index < -0.39 is 28.5 Å². The van der Waals surface area contributed by atoms with Crippen LogP contribution in [0.2, 0.25) is 0 Å². The molecule has 3 aliphatic heterocycles. The molecule has 4 fully saturated rings. The van der Waals surface area contributed by atoms with Gasteiger partial charge in [-0.2, -0.15) is 0 Å². The molecule has 8 heteroatoms. The number of likely N-dealkylation sites (tertiary alicyclic amines) is 1. The Hall–Kier alpha value is -2.61. The fraction of sp³-hybridized carbons (Fsp3) is 0.654. The van der Waals surface area contributed by atoms with Gasteiger partial charge in [0.25, 0.3) is 0 Å². The van der Waals surface area contributed by atoms with Crippen molar-refractivity contribution in [1.29, 1.82) is 0 Å². The average Bonchev–Trinajstić information content (AvgIpc) is 3.35. The van der Waals surface area contributed by atoms with Gasteiger partial charge >= 0.3 is 18.0 Å². The summed E-state index contributed by atoms with van der Waals surface area (Å²) < 4.78 is 23.0. The molecule has 0 unspecified atom stereocenters. The molecule has 8 nitrogen and oxygen atoms in total. The van der Waals surface area contributed by atoms with Gasteiger partial charge in [0.15, 0.2) is 0 Å². The summed E-state index contributed by atoms with van der Waals surface area (Å²) in [6.07, 6.45) is 1.62. The van der Waals surface area contributed by atoms with E-state index >= 15 is 0 Å². The molecule has 3 atom stereocenters. The zero-order valence-electron chi connectivity index (χ0n) is 20.1. The van der Waals surface area contributed by atoms with Crippen molar-refractivity contribution in [3.8, 4) is 0 Å². The highest BCUT2D eigenvalue weighted by Gasteiger charge is 2.76. The minimum absolute atomic E-state index is 0.236. The van der Waals surface area contributed by atoms with Crippen LogP contribution in [-0.2, 0) is 35.1 Å². The summed E-state index contributed by atoms with van der Waals surface area (Å²) in [4.78, 5) is 40.3. The van der Waals surface area contributed by atoms with Gasteiger partial charge in [-0.15, -0.1) is 0 Å². The second-order valence-electron chi connectivity index (χ2n) is 11.0. The van der Waals surface area contributed by atoms with E-state index in [1.807, 2.05) is 51.1 Å². The van der Waals surface area contributed by atoms with E-state index in [2.05, 4.69) is 0 Å². The number of hydrogen-bond donors (Lipinski definition) is 0. The Morgan fingerprint density at radius 3 is 2.38 bits per heavy atom. The van der Waals surface area contributed by atoms with E-state index in [0.717, 1.165) is 5.56 Å². The molecule has 1 aromatic rings. The normalized spacial score (nSPS) is 33.1. The number of piperidine rings is 1. The number of esters is 2. The SMILES string of the molecule is CC1(C)[C@@]2(C)CC[C@@]1(C(=O)O[C@H]1COCC13CCN(C(=O)OCc1ccccc1)CC3)OC2=O. The Morgan fingerprint density at radius 1 is 1.06 bits per heavy atom. The summed E-state index contributed by atoms with van der Waals surface area (Å²) in [5, 5.41) is 0. The van der Waals surface area contributed by atoms with Gasteiger partial charge in [-0.25, -0.2) is 9.59 Å². The lowest BCUT2D eigenvalue weighted by molar-refractivity contribution is -0.191. The lowest BCUT2D eigenvalue weighted by Crippen LogP contribution is -2.53. The highest BCUT2D eigenvalue weighted by atomic mass is 16.6. The average molecular weight is 472 g/mol. The van der Waals surface area contributed by atoms with Crippen molar-refractivity contribution in [1.82, 2.24) is 4.90 Å². The van der Waals surface area contributed by atoms with Crippen molar-refractivity contribution < 1.29 is 33.3 Å². The fourth-order valence-electron chi connectivity index (χ4n) is 6.14. The third-order valence-electron chi connectivity index (χ3n) is 9.23. The van der Waals surface area contributed by atoms with E-state index in [9.17, 15) is 14.4 Å². The van der Waals surface area contributed by atoms with Gasteiger partial charge in [0, 0.05) is 23.9 Å². The van der Waals surface area contributed by atoms with Gasteiger partial charge in [-0.05, 0) is 38.2 Å². The maximum absolute atomic E-state index is 13.5. The van der Waals surface area contributed by atoms with E-state index in [4.69, 9.17) is 18.9 Å². The molecule has 2 bridgehead atoms. The molecule has 1 aliphatic carbocycles. The van der Waals surface area contributed by atoms with E-state index in [0.29, 0.717) is 52.0 Å². The number of rotatable bonds is 4. The fourth-order valence-corrected chi connectivity index (χ4v) is 6.14. The Morgan fingerprint density at radius 2 is 1.76 bits per heavy atom. The monoisotopic (exact) mass is 471 g/mol. The molecular weight excluding hydrogens is 438 g/mol. The maximum atomic E-state index is 13.5. The van der Waals surface area contributed by atoms with E-state index in [1.165, 1.54) is 0 Å². The molecule has 34 heavy (non-hydrogen) atoms. The Bertz CT molecular complexity index is 984. The van der Waals surface area contributed by atoms with Crippen LogP contribution in [0.1, 0.15) is 52.0 Å². The van der Waals surface area contributed by atoms with Crippen molar-refractivity contribution in [2.75, 3.05) is 26.3 Å². The van der Waals surface area contributed by atoms with Crippen LogP contribution in [0, 0.1) is 16.2 Å². The van der Waals surface area contributed by atoms with Crippen LogP contribution in [0.3, 0.4) is 0 Å². The standard InChI is InChI=1S/C26H33NO7/c1-23(2)24(3)9-10-26(23,34-20(24)28)21(29)33-19-16-31-17-25(19)11-13-27(14-12-25)22(30)32-15-18-7-5-4-6-8-18/h4-8,19H,9-17H2,1-3H3/t19-,24-,26-/m0/s1. The Balaban J connectivity index is 1.21. The van der Waals surface area contributed by atoms with Gasteiger partial charge in [0.2, 0.25) is 5.60 Å². The molecule has 0 radical (unpaired) electrons. The molecule has 3 heterocycles. The number of ether oxygens (including phenoxy) is 4. The smallest absolute Gasteiger partial charge is 0.410 e. The zero-order valence-corrected chi connectivity index (χ0v) is 20.1. The number of fused-ring (bicyclic) bond motifs is 2. The minimum atomic E-state index is -1.25. The first-order chi connectivity index (χ1) is 16.1. The van der Waals surface area contributed by atoms with Crippen LogP contribution in [0.4, 0.5) is 4.79 Å². The molecule has 184 valence electrons. The summed E-state index contributed by atoms with van der Waals surface area (Å²) in [5.74, 6) is -0.785. The molecule has 1 amide bonds. The third kappa shape index (κ3) is 3.25. The summed E-state index contributed by atoms with van der Waals surface area (Å²) in [5.41, 5.74) is -1.98. The van der Waals surface area contributed by atoms with Gasteiger partial charge in [-0.3, -0.25) is 4.79 Å². The van der Waals surface area contributed by atoms with Crippen LogP contribution in [0.5, 0.6) is 0 Å². The molecule has 0 N–H and O–H groups in total. The van der Waals surface area contributed by atoms with Crippen molar-refractivity contribution in [2.24, 2.45) is 16.2 Å². The summed E-state index contributed by atoms with van der Waals surface area (Å²) in [6.45, 7) is 7.77. The number of hydrogen-bond acceptors (Lipinski definition) is 7. The van der Waals surface area contributed by atoms with Gasteiger partial charge in [-0.1, -0.05) is 44.2 Å². The molecule has 5 rings (SSSR count). The number of carbonyl (C=O) groups excluding carboxylic acids is 3. The van der Waals surface area contributed by atoms with Crippen LogP contribution in [-0.4, -0.2) is 60.9 Å². The van der Waals surface area contributed by atoms with Crippen molar-refractivity contribution in [3.05, 3.63) is 35.9 Å². The number of benzene rings is 1. The Labute approximate surface area is 199 Å². The van der Waals surface area contributed by atoms with Crippen LogP contribution in [0.25, 0.3) is 0 Å². The number of carbonyl (C=O) groups is 3. The van der Waals surface area contributed by atoms with Crippen molar-refractivity contribution >= 4 is 18.0 Å². The Kier molecular flexibility index (Phi) is 5.43. The molecule has 4 aliphatic rings. The summed E-state index contributed by atoms with van der Waals surface area (Å²) in [7, 11) is 0. The maximum Gasteiger partial charge on any atom is 0.410 e. The second-order valence-corrected chi connectivity index (χ2v) is 11.0. The first-order valence-electron chi connectivity index (χ1n) is 12.1.